The molecular formula is C24H18N4O7. The number of nitro groups is 2. The Morgan fingerprint density at radius 1 is 0.971 bits per heavy atom. The van der Waals surface area contributed by atoms with Crippen molar-refractivity contribution in [2.45, 2.75) is 13.0 Å². The molecule has 0 saturated carbocycles. The van der Waals surface area contributed by atoms with Crippen LogP contribution in [0.2, 0.25) is 0 Å². The van der Waals surface area contributed by atoms with Gasteiger partial charge in [-0.15, -0.1) is 5.11 Å². The van der Waals surface area contributed by atoms with Gasteiger partial charge in [0.25, 0.3) is 5.69 Å². The summed E-state index contributed by atoms with van der Waals surface area (Å²) in [7, 11) is 0. The number of azo groups is 1. The third-order valence-corrected chi connectivity index (χ3v) is 5.19. The van der Waals surface area contributed by atoms with Gasteiger partial charge >= 0.3 is 11.3 Å². The largest absolute Gasteiger partial charge is 0.491 e. The third-order valence-electron chi connectivity index (χ3n) is 5.19. The Hall–Kier alpha value is -4.93. The van der Waals surface area contributed by atoms with Crippen LogP contribution in [-0.2, 0) is 0 Å². The van der Waals surface area contributed by atoms with E-state index >= 15 is 0 Å². The van der Waals surface area contributed by atoms with Gasteiger partial charge < -0.3 is 9.15 Å². The van der Waals surface area contributed by atoms with Crippen molar-refractivity contribution in [3.05, 3.63) is 115 Å². The van der Waals surface area contributed by atoms with Gasteiger partial charge in [-0.25, -0.2) is 4.79 Å². The van der Waals surface area contributed by atoms with Gasteiger partial charge in [0.1, 0.15) is 24.0 Å². The number of non-ortho nitro benzene ring substituents is 1. The second-order valence-corrected chi connectivity index (χ2v) is 7.55. The fraction of sp³-hybridized carbons (Fsp3) is 0.125. The van der Waals surface area contributed by atoms with Crippen molar-refractivity contribution < 1.29 is 19.0 Å². The number of fused-ring (bicyclic) bond motifs is 1. The summed E-state index contributed by atoms with van der Waals surface area (Å²) >= 11 is 0. The molecule has 0 saturated heterocycles. The first-order chi connectivity index (χ1) is 16.8. The number of hydrogen-bond donors (Lipinski definition) is 0. The minimum absolute atomic E-state index is 0.0237. The average molecular weight is 474 g/mol. The Morgan fingerprint density at radius 3 is 2.46 bits per heavy atom. The van der Waals surface area contributed by atoms with E-state index < -0.39 is 32.9 Å². The van der Waals surface area contributed by atoms with Crippen LogP contribution in [-0.4, -0.2) is 16.5 Å². The molecular weight excluding hydrogens is 456 g/mol. The maximum absolute atomic E-state index is 11.7. The van der Waals surface area contributed by atoms with Crippen molar-refractivity contribution >= 4 is 28.0 Å². The summed E-state index contributed by atoms with van der Waals surface area (Å²) < 4.78 is 11.1. The molecule has 0 fully saturated rings. The molecule has 11 nitrogen and oxygen atoms in total. The van der Waals surface area contributed by atoms with Crippen molar-refractivity contribution in [2.75, 3.05) is 6.61 Å². The number of nitro benzene ring substituents is 2. The summed E-state index contributed by atoms with van der Waals surface area (Å²) in [6.07, 6.45) is 0. The zero-order valence-corrected chi connectivity index (χ0v) is 18.4. The predicted molar refractivity (Wildman–Crippen MR) is 126 cm³/mol. The first kappa shape index (κ1) is 23.2. The fourth-order valence-corrected chi connectivity index (χ4v) is 3.43. The minimum atomic E-state index is -0.750. The highest BCUT2D eigenvalue weighted by Gasteiger charge is 2.20. The second-order valence-electron chi connectivity index (χ2n) is 7.55. The Kier molecular flexibility index (Phi) is 6.58. The van der Waals surface area contributed by atoms with E-state index in [0.717, 1.165) is 28.6 Å². The fourth-order valence-electron chi connectivity index (χ4n) is 3.43. The minimum Gasteiger partial charge on any atom is -0.491 e. The Balaban J connectivity index is 1.62. The number of rotatable bonds is 8. The highest BCUT2D eigenvalue weighted by Crippen LogP contribution is 2.33. The Labute approximate surface area is 197 Å². The number of ether oxygens (including phenoxy) is 1. The van der Waals surface area contributed by atoms with Crippen LogP contribution in [0.1, 0.15) is 17.2 Å². The van der Waals surface area contributed by atoms with E-state index in [1.807, 2.05) is 13.0 Å². The molecule has 0 aliphatic carbocycles. The lowest BCUT2D eigenvalue weighted by atomic mass is 10.1. The summed E-state index contributed by atoms with van der Waals surface area (Å²) in [5.41, 5.74) is 0.365. The molecule has 1 heterocycles. The molecule has 35 heavy (non-hydrogen) atoms. The average Bonchev–Trinajstić information content (AvgIpc) is 2.84. The van der Waals surface area contributed by atoms with E-state index in [1.165, 1.54) is 12.1 Å². The van der Waals surface area contributed by atoms with Crippen LogP contribution in [0.5, 0.6) is 5.75 Å². The molecule has 4 rings (SSSR count). The van der Waals surface area contributed by atoms with Gasteiger partial charge in [0, 0.05) is 23.6 Å². The molecule has 1 atom stereocenters. The summed E-state index contributed by atoms with van der Waals surface area (Å²) in [4.78, 5) is 32.6. The quantitative estimate of drug-likeness (QED) is 0.135. The lowest BCUT2D eigenvalue weighted by molar-refractivity contribution is -0.393. The zero-order valence-electron chi connectivity index (χ0n) is 18.4. The van der Waals surface area contributed by atoms with Crippen molar-refractivity contribution in [3.63, 3.8) is 0 Å². The lowest BCUT2D eigenvalue weighted by Gasteiger charge is -2.14. The molecule has 0 aliphatic rings. The summed E-state index contributed by atoms with van der Waals surface area (Å²) in [5.74, 6) is 0.434. The Bertz CT molecular complexity index is 1500. The maximum Gasteiger partial charge on any atom is 0.336 e. The van der Waals surface area contributed by atoms with Crippen LogP contribution >= 0.6 is 0 Å². The molecule has 1 unspecified atom stereocenters. The smallest absolute Gasteiger partial charge is 0.336 e. The van der Waals surface area contributed by atoms with Crippen LogP contribution in [0, 0.1) is 27.2 Å². The SMILES string of the molecule is Cc1cc(=O)oc2cc(OCC(N=Nc3ccc([N+](=O)[O-])cc3[N+](=O)[O-])c3ccccc3)ccc12. The van der Waals surface area contributed by atoms with Crippen LogP contribution < -0.4 is 10.4 Å². The van der Waals surface area contributed by atoms with Crippen LogP contribution in [0.4, 0.5) is 17.1 Å². The summed E-state index contributed by atoms with van der Waals surface area (Å²) in [5, 5.41) is 31.4. The van der Waals surface area contributed by atoms with E-state index in [1.54, 1.807) is 42.5 Å². The van der Waals surface area contributed by atoms with E-state index in [9.17, 15) is 25.0 Å². The number of nitrogens with zero attached hydrogens (tertiary/aromatic N) is 4. The van der Waals surface area contributed by atoms with Crippen molar-refractivity contribution in [1.82, 2.24) is 0 Å². The summed E-state index contributed by atoms with van der Waals surface area (Å²) in [6, 6.07) is 18.1. The van der Waals surface area contributed by atoms with Crippen LogP contribution in [0.25, 0.3) is 11.0 Å². The highest BCUT2D eigenvalue weighted by molar-refractivity contribution is 5.81. The van der Waals surface area contributed by atoms with Crippen LogP contribution in [0.15, 0.2) is 92.2 Å². The standard InChI is InChI=1S/C24H18N4O7/c1-15-11-24(29)35-23-13-18(8-9-19(15)23)34-14-21(16-5-3-2-4-6-16)26-25-20-10-7-17(27(30)31)12-22(20)28(32)33/h2-13,21H,14H2,1H3. The van der Waals surface area contributed by atoms with Crippen molar-refractivity contribution in [2.24, 2.45) is 10.2 Å². The monoisotopic (exact) mass is 474 g/mol. The normalized spacial score (nSPS) is 12.0. The Morgan fingerprint density at radius 2 is 1.74 bits per heavy atom. The molecule has 176 valence electrons. The van der Waals surface area contributed by atoms with Gasteiger partial charge in [0.2, 0.25) is 0 Å². The maximum atomic E-state index is 11.7. The molecule has 0 spiro atoms. The van der Waals surface area contributed by atoms with Gasteiger partial charge in [-0.2, -0.15) is 5.11 Å². The second kappa shape index (κ2) is 9.91. The van der Waals surface area contributed by atoms with Gasteiger partial charge in [-0.3, -0.25) is 20.2 Å². The lowest BCUT2D eigenvalue weighted by Crippen LogP contribution is -2.08. The van der Waals surface area contributed by atoms with E-state index in [-0.39, 0.29) is 12.3 Å². The molecule has 11 heteroatoms. The van der Waals surface area contributed by atoms with Crippen molar-refractivity contribution in [1.29, 1.82) is 0 Å². The molecule has 1 aromatic heterocycles. The van der Waals surface area contributed by atoms with Crippen molar-refractivity contribution in [3.8, 4) is 5.75 Å². The molecule has 0 bridgehead atoms. The number of aryl methyl sites for hydroxylation is 1. The van der Waals surface area contributed by atoms with Gasteiger partial charge in [0.15, 0.2) is 5.69 Å². The molecule has 0 amide bonds. The van der Waals surface area contributed by atoms with Gasteiger partial charge in [0.05, 0.1) is 15.9 Å². The zero-order chi connectivity index (χ0) is 24.9. The molecule has 0 radical (unpaired) electrons. The molecule has 0 N–H and O–H groups in total. The first-order valence-corrected chi connectivity index (χ1v) is 10.4. The predicted octanol–water partition coefficient (Wildman–Crippen LogP) is 5.82. The number of benzene rings is 3. The third kappa shape index (κ3) is 5.36. The number of hydrogen-bond acceptors (Lipinski definition) is 9. The highest BCUT2D eigenvalue weighted by atomic mass is 16.6. The van der Waals surface area contributed by atoms with E-state index in [0.29, 0.717) is 11.3 Å². The van der Waals surface area contributed by atoms with Crippen LogP contribution in [0.3, 0.4) is 0 Å². The van der Waals surface area contributed by atoms with E-state index in [2.05, 4.69) is 10.2 Å². The topological polar surface area (TPSA) is 150 Å². The summed E-state index contributed by atoms with van der Waals surface area (Å²) in [6.45, 7) is 1.83. The van der Waals surface area contributed by atoms with E-state index in [4.69, 9.17) is 9.15 Å². The molecule has 3 aromatic carbocycles. The van der Waals surface area contributed by atoms with Gasteiger partial charge in [-0.05, 0) is 36.2 Å². The van der Waals surface area contributed by atoms with Gasteiger partial charge in [-0.1, -0.05) is 30.3 Å². The molecule has 0 aliphatic heterocycles. The first-order valence-electron chi connectivity index (χ1n) is 10.4. The molecule has 4 aromatic rings.